The molecule has 0 saturated carbocycles. The highest BCUT2D eigenvalue weighted by Gasteiger charge is 2.26. The summed E-state index contributed by atoms with van der Waals surface area (Å²) in [5.41, 5.74) is 1.43. The number of piperidine rings is 2. The van der Waals surface area contributed by atoms with Crippen molar-refractivity contribution in [3.05, 3.63) is 24.3 Å². The van der Waals surface area contributed by atoms with E-state index in [0.717, 1.165) is 51.6 Å². The molecule has 154 valence electrons. The topological polar surface area (TPSA) is 64.7 Å². The van der Waals surface area contributed by atoms with Gasteiger partial charge in [-0.2, -0.15) is 0 Å². The lowest BCUT2D eigenvalue weighted by atomic mass is 10.0. The van der Waals surface area contributed by atoms with Crippen molar-refractivity contribution in [2.75, 3.05) is 23.7 Å². The molecule has 6 nitrogen and oxygen atoms in total. The molecule has 2 saturated heterocycles. The van der Waals surface area contributed by atoms with Crippen LogP contribution in [0.25, 0.3) is 0 Å². The number of carbonyl (C=O) groups excluding carboxylic acids is 2. The third-order valence-corrected chi connectivity index (χ3v) is 6.08. The summed E-state index contributed by atoms with van der Waals surface area (Å²) in [6.07, 6.45) is 8.64. The summed E-state index contributed by atoms with van der Waals surface area (Å²) in [6.45, 7) is 5.90. The van der Waals surface area contributed by atoms with Crippen LogP contribution in [0.4, 0.5) is 21.0 Å². The first-order valence-electron chi connectivity index (χ1n) is 10.9. The number of rotatable bonds is 4. The van der Waals surface area contributed by atoms with Crippen LogP contribution in [0, 0.1) is 0 Å². The van der Waals surface area contributed by atoms with Gasteiger partial charge in [0.25, 0.3) is 0 Å². The molecule has 0 unspecified atom stereocenters. The molecular weight excluding hydrogens is 352 g/mol. The molecule has 3 rings (SSSR count). The molecular formula is C22H34N4O2. The van der Waals surface area contributed by atoms with Crippen molar-refractivity contribution in [1.82, 2.24) is 9.80 Å². The number of likely N-dealkylation sites (tertiary alicyclic amines) is 2. The van der Waals surface area contributed by atoms with Crippen molar-refractivity contribution in [2.24, 2.45) is 0 Å². The fourth-order valence-corrected chi connectivity index (χ4v) is 4.45. The van der Waals surface area contributed by atoms with E-state index in [1.807, 2.05) is 34.1 Å². The maximum atomic E-state index is 12.7. The first-order chi connectivity index (χ1) is 13.6. The highest BCUT2D eigenvalue weighted by molar-refractivity contribution is 5.93. The largest absolute Gasteiger partial charge is 0.322 e. The lowest BCUT2D eigenvalue weighted by Crippen LogP contribution is -2.45. The number of nitrogens with zero attached hydrogens (tertiary/aromatic N) is 2. The van der Waals surface area contributed by atoms with Crippen LogP contribution in [0.1, 0.15) is 65.2 Å². The molecule has 2 atom stereocenters. The fraction of sp³-hybridized carbons (Fsp3) is 0.636. The molecule has 28 heavy (non-hydrogen) atoms. The Bertz CT molecular complexity index is 625. The molecule has 2 fully saturated rings. The zero-order valence-electron chi connectivity index (χ0n) is 17.2. The number of carbonyl (C=O) groups is 2. The molecule has 4 amide bonds. The first-order valence-corrected chi connectivity index (χ1v) is 10.9. The van der Waals surface area contributed by atoms with Gasteiger partial charge in [0.2, 0.25) is 0 Å². The van der Waals surface area contributed by atoms with Crippen LogP contribution in [0.5, 0.6) is 0 Å². The summed E-state index contributed by atoms with van der Waals surface area (Å²) in [5.74, 6) is 0. The maximum Gasteiger partial charge on any atom is 0.322 e. The molecule has 2 heterocycles. The van der Waals surface area contributed by atoms with Gasteiger partial charge in [0, 0.05) is 36.5 Å². The number of benzene rings is 1. The van der Waals surface area contributed by atoms with Crippen LogP contribution in [-0.2, 0) is 0 Å². The highest BCUT2D eigenvalue weighted by atomic mass is 16.2. The number of amides is 4. The van der Waals surface area contributed by atoms with E-state index in [0.29, 0.717) is 23.5 Å². The molecule has 0 bridgehead atoms. The van der Waals surface area contributed by atoms with E-state index in [2.05, 4.69) is 24.5 Å². The van der Waals surface area contributed by atoms with E-state index in [1.54, 1.807) is 0 Å². The van der Waals surface area contributed by atoms with E-state index in [1.165, 1.54) is 12.8 Å². The summed E-state index contributed by atoms with van der Waals surface area (Å²) in [5, 5.41) is 6.02. The molecule has 2 aliphatic rings. The standard InChI is InChI=1S/C22H34N4O2/c1-3-19-12-5-7-14-25(19)21(27)23-17-10-9-11-18(16-17)24-22(28)26-15-8-6-13-20(26)4-2/h9-11,16,19-20H,3-8,12-15H2,1-2H3,(H,23,27)(H,24,28)/t19-,20-/m1/s1. The monoisotopic (exact) mass is 386 g/mol. The van der Waals surface area contributed by atoms with Gasteiger partial charge in [-0.15, -0.1) is 0 Å². The third-order valence-electron chi connectivity index (χ3n) is 6.08. The third kappa shape index (κ3) is 4.97. The second kappa shape index (κ2) is 9.80. The Morgan fingerprint density at radius 3 is 1.75 bits per heavy atom. The number of urea groups is 2. The Kier molecular flexibility index (Phi) is 7.18. The van der Waals surface area contributed by atoms with Crippen molar-refractivity contribution in [2.45, 2.75) is 77.3 Å². The van der Waals surface area contributed by atoms with Gasteiger partial charge in [0.1, 0.15) is 0 Å². The molecule has 6 heteroatoms. The van der Waals surface area contributed by atoms with E-state index in [9.17, 15) is 9.59 Å². The van der Waals surface area contributed by atoms with Crippen molar-refractivity contribution in [3.8, 4) is 0 Å². The molecule has 1 aromatic rings. The summed E-state index contributed by atoms with van der Waals surface area (Å²) < 4.78 is 0. The van der Waals surface area contributed by atoms with Gasteiger partial charge in [0.15, 0.2) is 0 Å². The van der Waals surface area contributed by atoms with Gasteiger partial charge in [0.05, 0.1) is 0 Å². The van der Waals surface area contributed by atoms with Gasteiger partial charge in [-0.1, -0.05) is 19.9 Å². The highest BCUT2D eigenvalue weighted by Crippen LogP contribution is 2.23. The summed E-state index contributed by atoms with van der Waals surface area (Å²) >= 11 is 0. The SMILES string of the molecule is CC[C@@H]1CCCCN1C(=O)Nc1cccc(NC(=O)N2CCCC[C@H]2CC)c1. The first kappa shape index (κ1) is 20.5. The molecule has 0 spiro atoms. The molecule has 0 aliphatic carbocycles. The quantitative estimate of drug-likeness (QED) is 0.739. The van der Waals surface area contributed by atoms with Crippen molar-refractivity contribution >= 4 is 23.4 Å². The Labute approximate surface area is 168 Å². The van der Waals surface area contributed by atoms with E-state index in [4.69, 9.17) is 0 Å². The number of hydrogen-bond acceptors (Lipinski definition) is 2. The molecule has 2 aliphatic heterocycles. The van der Waals surface area contributed by atoms with E-state index < -0.39 is 0 Å². The normalized spacial score (nSPS) is 22.6. The minimum atomic E-state index is -0.0443. The van der Waals surface area contributed by atoms with Gasteiger partial charge >= 0.3 is 12.1 Å². The van der Waals surface area contributed by atoms with Crippen molar-refractivity contribution in [1.29, 1.82) is 0 Å². The zero-order valence-corrected chi connectivity index (χ0v) is 17.2. The number of nitrogens with one attached hydrogen (secondary N) is 2. The summed E-state index contributed by atoms with van der Waals surface area (Å²) in [6, 6.07) is 8.00. The average Bonchev–Trinajstić information content (AvgIpc) is 2.73. The van der Waals surface area contributed by atoms with Gasteiger partial charge < -0.3 is 20.4 Å². The van der Waals surface area contributed by atoms with E-state index >= 15 is 0 Å². The van der Waals surface area contributed by atoms with E-state index in [-0.39, 0.29) is 12.1 Å². The second-order valence-electron chi connectivity index (χ2n) is 7.94. The average molecular weight is 387 g/mol. The van der Waals surface area contributed by atoms with Gasteiger partial charge in [-0.3, -0.25) is 0 Å². The predicted octanol–water partition coefficient (Wildman–Crippen LogP) is 5.28. The zero-order chi connectivity index (χ0) is 19.9. The molecule has 0 radical (unpaired) electrons. The Hall–Kier alpha value is -2.24. The Morgan fingerprint density at radius 1 is 0.857 bits per heavy atom. The van der Waals surface area contributed by atoms with Crippen LogP contribution in [0.2, 0.25) is 0 Å². The molecule has 1 aromatic carbocycles. The lowest BCUT2D eigenvalue weighted by Gasteiger charge is -2.35. The van der Waals surface area contributed by atoms with Crippen LogP contribution in [-0.4, -0.2) is 47.0 Å². The van der Waals surface area contributed by atoms with Gasteiger partial charge in [-0.25, -0.2) is 9.59 Å². The smallest absolute Gasteiger partial charge is 0.322 e. The van der Waals surface area contributed by atoms with Crippen LogP contribution < -0.4 is 10.6 Å². The minimum absolute atomic E-state index is 0.0443. The van der Waals surface area contributed by atoms with Crippen LogP contribution >= 0.6 is 0 Å². The number of anilines is 2. The minimum Gasteiger partial charge on any atom is -0.322 e. The number of hydrogen-bond donors (Lipinski definition) is 2. The molecule has 0 aromatic heterocycles. The maximum absolute atomic E-state index is 12.7. The summed E-state index contributed by atoms with van der Waals surface area (Å²) in [4.78, 5) is 29.3. The lowest BCUT2D eigenvalue weighted by molar-refractivity contribution is 0.160. The fourth-order valence-electron chi connectivity index (χ4n) is 4.45. The molecule has 2 N–H and O–H groups in total. The Morgan fingerprint density at radius 2 is 1.32 bits per heavy atom. The Balaban J connectivity index is 1.62. The van der Waals surface area contributed by atoms with Gasteiger partial charge in [-0.05, 0) is 69.6 Å². The van der Waals surface area contributed by atoms with Crippen LogP contribution in [0.3, 0.4) is 0 Å². The second-order valence-corrected chi connectivity index (χ2v) is 7.94. The van der Waals surface area contributed by atoms with Crippen LogP contribution in [0.15, 0.2) is 24.3 Å². The van der Waals surface area contributed by atoms with Crippen molar-refractivity contribution < 1.29 is 9.59 Å². The van der Waals surface area contributed by atoms with Crippen molar-refractivity contribution in [3.63, 3.8) is 0 Å². The summed E-state index contributed by atoms with van der Waals surface area (Å²) in [7, 11) is 0. The predicted molar refractivity (Wildman–Crippen MR) is 114 cm³/mol.